The minimum absolute atomic E-state index is 0.192. The molecule has 1 amide bonds. The number of carbonyl (C=O) groups is 2. The number of hydrogen-bond donors (Lipinski definition) is 2. The molecule has 0 aromatic carbocycles. The van der Waals surface area contributed by atoms with Gasteiger partial charge in [0.1, 0.15) is 17.1 Å². The number of piperidine rings is 1. The predicted octanol–water partition coefficient (Wildman–Crippen LogP) is 4.05. The number of nitrogens with one attached hydrogen (secondary N) is 2. The Balaban J connectivity index is 1.51. The number of methoxy groups -OCH3 is 1. The van der Waals surface area contributed by atoms with E-state index in [1.165, 1.54) is 11.3 Å². The highest BCUT2D eigenvalue weighted by atomic mass is 35.5. The maximum absolute atomic E-state index is 12.8. The zero-order valence-electron chi connectivity index (χ0n) is 20.1. The Morgan fingerprint density at radius 2 is 2.11 bits per heavy atom. The highest BCUT2D eigenvalue weighted by molar-refractivity contribution is 7.18. The van der Waals surface area contributed by atoms with Crippen molar-refractivity contribution in [3.8, 4) is 16.5 Å². The molecule has 1 aliphatic heterocycles. The summed E-state index contributed by atoms with van der Waals surface area (Å²) in [5.41, 5.74) is 1.86. The molecule has 4 heterocycles. The first kappa shape index (κ1) is 26.3. The number of carbonyl (C=O) groups excluding carboxylic acids is 2. The Bertz CT molecular complexity index is 1260. The van der Waals surface area contributed by atoms with E-state index in [1.807, 2.05) is 4.90 Å². The van der Waals surface area contributed by atoms with Gasteiger partial charge >= 0.3 is 6.16 Å². The first-order valence-corrected chi connectivity index (χ1v) is 12.8. The molecule has 14 heteroatoms. The van der Waals surface area contributed by atoms with Gasteiger partial charge in [-0.2, -0.15) is 5.10 Å². The van der Waals surface area contributed by atoms with Crippen molar-refractivity contribution in [1.29, 1.82) is 0 Å². The van der Waals surface area contributed by atoms with Gasteiger partial charge in [0.15, 0.2) is 5.13 Å². The van der Waals surface area contributed by atoms with Gasteiger partial charge in [-0.25, -0.2) is 9.78 Å². The number of anilines is 1. The fraction of sp³-hybridized carbons (Fsp3) is 0.455. The summed E-state index contributed by atoms with van der Waals surface area (Å²) in [6.45, 7) is 4.67. The van der Waals surface area contributed by atoms with E-state index in [-0.39, 0.29) is 35.4 Å². The van der Waals surface area contributed by atoms with Crippen LogP contribution in [0.4, 0.5) is 9.93 Å². The van der Waals surface area contributed by atoms with Gasteiger partial charge < -0.3 is 29.4 Å². The van der Waals surface area contributed by atoms with Crippen molar-refractivity contribution in [1.82, 2.24) is 25.1 Å². The number of thiazole rings is 1. The molecule has 0 bridgehead atoms. The lowest BCUT2D eigenvalue weighted by Crippen LogP contribution is -2.55. The highest BCUT2D eigenvalue weighted by Gasteiger charge is 2.34. The standard InChI is InChI=1S/C22H26Cl2N6O5S/c1-5-34-22(32)35-20-17(13-6-8-29(3)28-13)27-21(36-20)30-9-7-12(14(10-30)33-4)26-19(31)18-16(24)15(23)11(2)25-18/h6,8,12,14,25H,5,7,9-10H2,1-4H3,(H,26,31)/t12-,14+/m1/s1. The number of rotatable bonds is 7. The Hall–Kier alpha value is -2.80. The number of H-pyrrole nitrogens is 1. The average molecular weight is 557 g/mol. The molecule has 0 unspecified atom stereocenters. The van der Waals surface area contributed by atoms with Gasteiger partial charge in [-0.15, -0.1) is 0 Å². The number of hydrogen-bond acceptors (Lipinski definition) is 9. The van der Waals surface area contributed by atoms with Crippen LogP contribution in [0.15, 0.2) is 12.3 Å². The molecule has 1 fully saturated rings. The molecule has 194 valence electrons. The number of ether oxygens (including phenoxy) is 3. The monoisotopic (exact) mass is 556 g/mol. The second-order valence-corrected chi connectivity index (χ2v) is 9.83. The molecule has 2 N–H and O–H groups in total. The molecule has 2 atom stereocenters. The van der Waals surface area contributed by atoms with Crippen LogP contribution in [-0.2, 0) is 16.5 Å². The molecule has 3 aromatic rings. The quantitative estimate of drug-likeness (QED) is 0.418. The second kappa shape index (κ2) is 11.1. The van der Waals surface area contributed by atoms with E-state index in [2.05, 4.69) is 15.4 Å². The van der Waals surface area contributed by atoms with Crippen molar-refractivity contribution in [2.45, 2.75) is 32.4 Å². The normalized spacial score (nSPS) is 17.8. The van der Waals surface area contributed by atoms with Crippen LogP contribution in [0.3, 0.4) is 0 Å². The van der Waals surface area contributed by atoms with Crippen LogP contribution >= 0.6 is 34.5 Å². The Labute approximate surface area is 221 Å². The summed E-state index contributed by atoms with van der Waals surface area (Å²) in [7, 11) is 3.38. The van der Waals surface area contributed by atoms with Crippen LogP contribution in [0.5, 0.6) is 5.06 Å². The van der Waals surface area contributed by atoms with Crippen molar-refractivity contribution < 1.29 is 23.8 Å². The number of aryl methyl sites for hydroxylation is 2. The summed E-state index contributed by atoms with van der Waals surface area (Å²) in [6.07, 6.45) is 1.23. The predicted molar refractivity (Wildman–Crippen MR) is 136 cm³/mol. The van der Waals surface area contributed by atoms with E-state index < -0.39 is 6.16 Å². The average Bonchev–Trinajstić information content (AvgIpc) is 3.53. The summed E-state index contributed by atoms with van der Waals surface area (Å²) < 4.78 is 17.7. The number of nitrogens with zero attached hydrogens (tertiary/aromatic N) is 4. The van der Waals surface area contributed by atoms with Crippen LogP contribution in [0.2, 0.25) is 10.0 Å². The molecule has 36 heavy (non-hydrogen) atoms. The number of aromatic amines is 1. The number of halogens is 2. The maximum Gasteiger partial charge on any atom is 0.514 e. The zero-order chi connectivity index (χ0) is 26.0. The summed E-state index contributed by atoms with van der Waals surface area (Å²) in [4.78, 5) is 34.5. The lowest BCUT2D eigenvalue weighted by Gasteiger charge is -2.37. The van der Waals surface area contributed by atoms with E-state index in [4.69, 9.17) is 42.4 Å². The fourth-order valence-electron chi connectivity index (χ4n) is 3.89. The van der Waals surface area contributed by atoms with Crippen molar-refractivity contribution in [2.24, 2.45) is 7.05 Å². The van der Waals surface area contributed by atoms with E-state index in [9.17, 15) is 9.59 Å². The molecule has 0 aliphatic carbocycles. The number of amides is 1. The van der Waals surface area contributed by atoms with E-state index in [0.29, 0.717) is 51.8 Å². The molecular weight excluding hydrogens is 531 g/mol. The largest absolute Gasteiger partial charge is 0.514 e. The highest BCUT2D eigenvalue weighted by Crippen LogP contribution is 2.40. The van der Waals surface area contributed by atoms with Gasteiger partial charge in [0.2, 0.25) is 5.06 Å². The SMILES string of the molecule is CCOC(=O)Oc1sc(N2CC[C@@H](NC(=O)c3[nH]c(C)c(Cl)c3Cl)[C@@H](OC)C2)nc1-c1ccn(C)n1. The number of aromatic nitrogens is 4. The van der Waals surface area contributed by atoms with Gasteiger partial charge in [-0.05, 0) is 26.3 Å². The summed E-state index contributed by atoms with van der Waals surface area (Å²) in [5.74, 6) is -0.354. The van der Waals surface area contributed by atoms with E-state index in [1.54, 1.807) is 44.9 Å². The van der Waals surface area contributed by atoms with Gasteiger partial charge in [0, 0.05) is 39.1 Å². The van der Waals surface area contributed by atoms with Crippen LogP contribution < -0.4 is 15.0 Å². The van der Waals surface area contributed by atoms with Gasteiger partial charge in [0.05, 0.1) is 28.8 Å². The van der Waals surface area contributed by atoms with Crippen molar-refractivity contribution >= 4 is 51.7 Å². The molecule has 3 aromatic heterocycles. The smallest absolute Gasteiger partial charge is 0.434 e. The molecule has 11 nitrogen and oxygen atoms in total. The van der Waals surface area contributed by atoms with Gasteiger partial charge in [0.25, 0.3) is 5.91 Å². The summed E-state index contributed by atoms with van der Waals surface area (Å²) in [5, 5.41) is 8.83. The summed E-state index contributed by atoms with van der Waals surface area (Å²) in [6, 6.07) is 1.53. The van der Waals surface area contributed by atoms with Crippen LogP contribution in [0.25, 0.3) is 11.4 Å². The summed E-state index contributed by atoms with van der Waals surface area (Å²) >= 11 is 13.5. The maximum atomic E-state index is 12.8. The molecule has 1 aliphatic rings. The third kappa shape index (κ3) is 5.46. The van der Waals surface area contributed by atoms with Gasteiger partial charge in [-0.1, -0.05) is 34.5 Å². The van der Waals surface area contributed by atoms with Crippen molar-refractivity contribution in [3.63, 3.8) is 0 Å². The van der Waals surface area contributed by atoms with Crippen molar-refractivity contribution in [2.75, 3.05) is 31.7 Å². The molecule has 0 radical (unpaired) electrons. The molecule has 0 spiro atoms. The topological polar surface area (TPSA) is 124 Å². The molecule has 0 saturated carbocycles. The Morgan fingerprint density at radius 3 is 2.72 bits per heavy atom. The first-order chi connectivity index (χ1) is 17.2. The third-order valence-electron chi connectivity index (χ3n) is 5.71. The second-order valence-electron chi connectivity index (χ2n) is 8.13. The van der Waals surface area contributed by atoms with Crippen molar-refractivity contribution in [3.05, 3.63) is 33.7 Å². The lowest BCUT2D eigenvalue weighted by molar-refractivity contribution is 0.0540. The Kier molecular flexibility index (Phi) is 8.08. The zero-order valence-corrected chi connectivity index (χ0v) is 22.5. The van der Waals surface area contributed by atoms with Crippen LogP contribution in [0, 0.1) is 6.92 Å². The first-order valence-electron chi connectivity index (χ1n) is 11.2. The third-order valence-corrected chi connectivity index (χ3v) is 7.65. The lowest BCUT2D eigenvalue weighted by atomic mass is 10.0. The van der Waals surface area contributed by atoms with E-state index >= 15 is 0 Å². The molecular formula is C22H26Cl2N6O5S. The Morgan fingerprint density at radius 1 is 1.33 bits per heavy atom. The van der Waals surface area contributed by atoms with E-state index in [0.717, 1.165) is 0 Å². The van der Waals surface area contributed by atoms with Crippen LogP contribution in [0.1, 0.15) is 29.5 Å². The molecule has 4 rings (SSSR count). The minimum Gasteiger partial charge on any atom is -0.434 e. The molecule has 1 saturated heterocycles. The minimum atomic E-state index is -0.806. The van der Waals surface area contributed by atoms with Gasteiger partial charge in [-0.3, -0.25) is 9.48 Å². The van der Waals surface area contributed by atoms with Crippen LogP contribution in [-0.4, -0.2) is 70.8 Å². The fourth-order valence-corrected chi connectivity index (χ4v) is 5.26.